The molecule has 0 atom stereocenters. The molecule has 24 heavy (non-hydrogen) atoms. The summed E-state index contributed by atoms with van der Waals surface area (Å²) in [6, 6.07) is 4.41. The van der Waals surface area contributed by atoms with Crippen molar-refractivity contribution in [3.05, 3.63) is 28.8 Å². The first-order valence-electron chi connectivity index (χ1n) is 8.54. The van der Waals surface area contributed by atoms with Gasteiger partial charge in [-0.25, -0.2) is 0 Å². The van der Waals surface area contributed by atoms with Crippen molar-refractivity contribution in [1.29, 1.82) is 0 Å². The summed E-state index contributed by atoms with van der Waals surface area (Å²) >= 11 is 5.88. The Kier molecular flexibility index (Phi) is 6.49. The Morgan fingerprint density at radius 1 is 1.29 bits per heavy atom. The maximum Gasteiger partial charge on any atom is 0.255 e. The first kappa shape index (κ1) is 18.6. The van der Waals surface area contributed by atoms with Gasteiger partial charge in [0.25, 0.3) is 5.91 Å². The largest absolute Gasteiger partial charge is 0.507 e. The van der Waals surface area contributed by atoms with E-state index in [1.54, 1.807) is 0 Å². The van der Waals surface area contributed by atoms with E-state index in [-0.39, 0.29) is 35.1 Å². The van der Waals surface area contributed by atoms with Gasteiger partial charge >= 0.3 is 0 Å². The van der Waals surface area contributed by atoms with E-state index < -0.39 is 0 Å². The number of nitrogens with one attached hydrogen (secondary N) is 1. The molecule has 1 aliphatic heterocycles. The highest BCUT2D eigenvalue weighted by molar-refractivity contribution is 6.31. The third-order valence-electron chi connectivity index (χ3n) is 4.68. The Balaban J connectivity index is 1.90. The molecule has 0 aliphatic carbocycles. The second kappa shape index (κ2) is 8.38. The molecule has 0 spiro atoms. The van der Waals surface area contributed by atoms with Crippen molar-refractivity contribution in [3.63, 3.8) is 0 Å². The van der Waals surface area contributed by atoms with Gasteiger partial charge in [-0.1, -0.05) is 25.4 Å². The number of nitrogens with zero attached hydrogens (tertiary/aromatic N) is 1. The Morgan fingerprint density at radius 2 is 1.92 bits per heavy atom. The van der Waals surface area contributed by atoms with Crippen LogP contribution in [-0.2, 0) is 4.79 Å². The molecule has 5 nitrogen and oxygen atoms in total. The van der Waals surface area contributed by atoms with Crippen LogP contribution in [0.3, 0.4) is 0 Å². The summed E-state index contributed by atoms with van der Waals surface area (Å²) in [6.45, 7) is 5.39. The van der Waals surface area contributed by atoms with Gasteiger partial charge in [0, 0.05) is 30.1 Å². The summed E-state index contributed by atoms with van der Waals surface area (Å²) in [6.07, 6.45) is 3.16. The molecule has 1 aromatic carbocycles. The van der Waals surface area contributed by atoms with Crippen molar-refractivity contribution in [1.82, 2.24) is 10.2 Å². The van der Waals surface area contributed by atoms with Gasteiger partial charge in [-0.15, -0.1) is 0 Å². The molecule has 1 fully saturated rings. The first-order chi connectivity index (χ1) is 11.5. The predicted octanol–water partition coefficient (Wildman–Crippen LogP) is 3.20. The molecule has 0 aromatic heterocycles. The Bertz CT molecular complexity index is 594. The average molecular weight is 353 g/mol. The normalized spacial score (nSPS) is 15.6. The highest BCUT2D eigenvalue weighted by Gasteiger charge is 2.27. The van der Waals surface area contributed by atoms with E-state index in [2.05, 4.69) is 5.32 Å². The van der Waals surface area contributed by atoms with Crippen molar-refractivity contribution in [2.75, 3.05) is 13.1 Å². The molecule has 2 rings (SSSR count). The number of halogens is 1. The fourth-order valence-electron chi connectivity index (χ4n) is 3.09. The number of aromatic hydroxyl groups is 1. The number of carbonyl (C=O) groups excluding carboxylic acids is 2. The van der Waals surface area contributed by atoms with E-state index in [0.29, 0.717) is 18.1 Å². The number of amides is 2. The number of carbonyl (C=O) groups is 2. The monoisotopic (exact) mass is 352 g/mol. The van der Waals surface area contributed by atoms with Gasteiger partial charge in [0.15, 0.2) is 0 Å². The first-order valence-corrected chi connectivity index (χ1v) is 8.92. The third-order valence-corrected chi connectivity index (χ3v) is 4.92. The summed E-state index contributed by atoms with van der Waals surface area (Å²) in [4.78, 5) is 26.6. The smallest absolute Gasteiger partial charge is 0.255 e. The average Bonchev–Trinajstić information content (AvgIpc) is 2.58. The number of benzene rings is 1. The van der Waals surface area contributed by atoms with Gasteiger partial charge in [-0.3, -0.25) is 9.59 Å². The highest BCUT2D eigenvalue weighted by Crippen LogP contribution is 2.22. The van der Waals surface area contributed by atoms with Gasteiger partial charge in [0.2, 0.25) is 5.91 Å². The number of hydrogen-bond acceptors (Lipinski definition) is 3. The molecule has 1 aliphatic rings. The lowest BCUT2D eigenvalue weighted by Crippen LogP contribution is -2.48. The van der Waals surface area contributed by atoms with Crippen LogP contribution >= 0.6 is 11.6 Å². The maximum absolute atomic E-state index is 12.4. The van der Waals surface area contributed by atoms with Crippen LogP contribution in [0.1, 0.15) is 49.9 Å². The molecule has 6 heteroatoms. The topological polar surface area (TPSA) is 69.6 Å². The van der Waals surface area contributed by atoms with Gasteiger partial charge < -0.3 is 15.3 Å². The molecule has 2 N–H and O–H groups in total. The number of likely N-dealkylation sites (tertiary alicyclic amines) is 1. The molecule has 0 saturated carbocycles. The van der Waals surface area contributed by atoms with Crippen molar-refractivity contribution < 1.29 is 14.7 Å². The van der Waals surface area contributed by atoms with Crippen LogP contribution in [0.25, 0.3) is 0 Å². The molecule has 1 heterocycles. The van der Waals surface area contributed by atoms with Gasteiger partial charge in [0.1, 0.15) is 5.75 Å². The lowest BCUT2D eigenvalue weighted by molar-refractivity contribution is -0.136. The summed E-state index contributed by atoms with van der Waals surface area (Å²) < 4.78 is 0. The zero-order chi connectivity index (χ0) is 17.7. The minimum atomic E-state index is -0.334. The quantitative estimate of drug-likeness (QED) is 0.854. The van der Waals surface area contributed by atoms with Crippen LogP contribution in [0.2, 0.25) is 5.02 Å². The minimum Gasteiger partial charge on any atom is -0.507 e. The number of rotatable bonds is 5. The van der Waals surface area contributed by atoms with Crippen molar-refractivity contribution in [2.24, 2.45) is 5.92 Å². The summed E-state index contributed by atoms with van der Waals surface area (Å²) in [5, 5.41) is 13.1. The van der Waals surface area contributed by atoms with Crippen LogP contribution in [0.5, 0.6) is 5.75 Å². The van der Waals surface area contributed by atoms with Crippen LogP contribution in [-0.4, -0.2) is 41.0 Å². The van der Waals surface area contributed by atoms with Crippen molar-refractivity contribution >= 4 is 23.4 Å². The van der Waals surface area contributed by atoms with Crippen molar-refractivity contribution in [2.45, 2.75) is 45.6 Å². The fraction of sp³-hybridized carbons (Fsp3) is 0.556. The van der Waals surface area contributed by atoms with Gasteiger partial charge in [-0.2, -0.15) is 0 Å². The standard InChI is InChI=1S/C18H25ClN2O3/c1-3-12(4-2)18(24)21-9-7-14(8-10-21)20-17(23)15-11-13(19)5-6-16(15)22/h5-6,11-12,14,22H,3-4,7-10H2,1-2H3,(H,20,23). The summed E-state index contributed by atoms with van der Waals surface area (Å²) in [5.41, 5.74) is 0.179. The number of piperidine rings is 1. The van der Waals surface area contributed by atoms with Crippen LogP contribution in [0.4, 0.5) is 0 Å². The second-order valence-corrected chi connectivity index (χ2v) is 6.68. The molecule has 1 saturated heterocycles. The summed E-state index contributed by atoms with van der Waals surface area (Å²) in [5.74, 6) is -0.102. The Hall–Kier alpha value is -1.75. The van der Waals surface area contributed by atoms with Crippen LogP contribution < -0.4 is 5.32 Å². The van der Waals surface area contributed by atoms with E-state index in [1.807, 2.05) is 18.7 Å². The molecular formula is C18H25ClN2O3. The molecule has 0 bridgehead atoms. The minimum absolute atomic E-state index is 0.00151. The number of phenols is 1. The lowest BCUT2D eigenvalue weighted by Gasteiger charge is -2.34. The Labute approximate surface area is 148 Å². The number of phenolic OH excluding ortho intramolecular Hbond substituents is 1. The summed E-state index contributed by atoms with van der Waals surface area (Å²) in [7, 11) is 0. The van der Waals surface area contributed by atoms with E-state index in [1.165, 1.54) is 18.2 Å². The van der Waals surface area contributed by atoms with Crippen LogP contribution in [0, 0.1) is 5.92 Å². The third kappa shape index (κ3) is 4.41. The van der Waals surface area contributed by atoms with Crippen molar-refractivity contribution in [3.8, 4) is 5.75 Å². The zero-order valence-corrected chi connectivity index (χ0v) is 15.0. The SMILES string of the molecule is CCC(CC)C(=O)N1CCC(NC(=O)c2cc(Cl)ccc2O)CC1. The number of hydrogen-bond donors (Lipinski definition) is 2. The lowest BCUT2D eigenvalue weighted by atomic mass is 9.98. The molecule has 0 unspecified atom stereocenters. The van der Waals surface area contributed by atoms with E-state index in [9.17, 15) is 14.7 Å². The molecule has 132 valence electrons. The van der Waals surface area contributed by atoms with E-state index in [4.69, 9.17) is 11.6 Å². The predicted molar refractivity (Wildman–Crippen MR) is 94.3 cm³/mol. The zero-order valence-electron chi connectivity index (χ0n) is 14.2. The van der Waals surface area contributed by atoms with E-state index >= 15 is 0 Å². The van der Waals surface area contributed by atoms with Gasteiger partial charge in [-0.05, 0) is 43.9 Å². The maximum atomic E-state index is 12.4. The molecule has 0 radical (unpaired) electrons. The Morgan fingerprint density at radius 3 is 2.50 bits per heavy atom. The second-order valence-electron chi connectivity index (χ2n) is 6.25. The fourth-order valence-corrected chi connectivity index (χ4v) is 3.27. The van der Waals surface area contributed by atoms with Gasteiger partial charge in [0.05, 0.1) is 5.56 Å². The molecular weight excluding hydrogens is 328 g/mol. The highest BCUT2D eigenvalue weighted by atomic mass is 35.5. The van der Waals surface area contributed by atoms with Crippen LogP contribution in [0.15, 0.2) is 18.2 Å². The van der Waals surface area contributed by atoms with E-state index in [0.717, 1.165) is 25.7 Å². The molecule has 2 amide bonds. The molecule has 1 aromatic rings.